The van der Waals surface area contributed by atoms with Gasteiger partial charge in [-0.3, -0.25) is 4.90 Å². The Morgan fingerprint density at radius 1 is 1.35 bits per heavy atom. The van der Waals surface area contributed by atoms with E-state index in [0.717, 1.165) is 30.8 Å². The van der Waals surface area contributed by atoms with Gasteiger partial charge in [0.25, 0.3) is 0 Å². The minimum absolute atomic E-state index is 0.108. The van der Waals surface area contributed by atoms with Crippen molar-refractivity contribution in [3.63, 3.8) is 0 Å². The number of methoxy groups -OCH3 is 1. The highest BCUT2D eigenvalue weighted by atomic mass is 16.5. The van der Waals surface area contributed by atoms with Crippen LogP contribution >= 0.6 is 0 Å². The Labute approximate surface area is 136 Å². The average Bonchev–Trinajstić information content (AvgIpc) is 2.99. The normalized spacial score (nSPS) is 21.3. The number of likely N-dealkylation sites (tertiary alicyclic amines) is 1. The van der Waals surface area contributed by atoms with Gasteiger partial charge in [-0.15, -0.1) is 0 Å². The van der Waals surface area contributed by atoms with E-state index >= 15 is 0 Å². The molecule has 0 bridgehead atoms. The number of benzene rings is 1. The molecular formula is C17H24N4O2. The number of nitrogens with zero attached hydrogens (tertiary/aromatic N) is 3. The summed E-state index contributed by atoms with van der Waals surface area (Å²) in [6.45, 7) is 6.99. The molecular weight excluding hydrogens is 292 g/mol. The van der Waals surface area contributed by atoms with Crippen LogP contribution in [0.15, 0.2) is 28.8 Å². The lowest BCUT2D eigenvalue weighted by Gasteiger charge is -2.42. The Hall–Kier alpha value is -1.92. The molecule has 0 saturated carbocycles. The van der Waals surface area contributed by atoms with Crippen LogP contribution in [0.5, 0.6) is 5.75 Å². The third-order valence-corrected chi connectivity index (χ3v) is 4.57. The zero-order valence-corrected chi connectivity index (χ0v) is 14.0. The Kier molecular flexibility index (Phi) is 4.37. The van der Waals surface area contributed by atoms with E-state index < -0.39 is 0 Å². The van der Waals surface area contributed by atoms with Gasteiger partial charge in [0.2, 0.25) is 11.7 Å². The van der Waals surface area contributed by atoms with Gasteiger partial charge in [0, 0.05) is 24.7 Å². The van der Waals surface area contributed by atoms with Crippen LogP contribution in [0.25, 0.3) is 11.4 Å². The number of piperidine rings is 1. The van der Waals surface area contributed by atoms with Crippen molar-refractivity contribution in [3.8, 4) is 17.1 Å². The molecule has 0 spiro atoms. The molecule has 1 saturated heterocycles. The summed E-state index contributed by atoms with van der Waals surface area (Å²) in [5.74, 6) is 2.06. The van der Waals surface area contributed by atoms with Crippen LogP contribution in [0, 0.1) is 5.41 Å². The molecule has 2 heterocycles. The summed E-state index contributed by atoms with van der Waals surface area (Å²) in [7, 11) is 1.65. The molecule has 3 rings (SSSR count). The van der Waals surface area contributed by atoms with E-state index in [1.807, 2.05) is 24.3 Å². The molecule has 1 aromatic carbocycles. The molecule has 1 atom stereocenters. The van der Waals surface area contributed by atoms with Crippen molar-refractivity contribution in [1.29, 1.82) is 0 Å². The first-order chi connectivity index (χ1) is 11.0. The molecule has 0 aliphatic carbocycles. The highest BCUT2D eigenvalue weighted by molar-refractivity contribution is 5.55. The molecule has 1 unspecified atom stereocenters. The highest BCUT2D eigenvalue weighted by Crippen LogP contribution is 2.28. The van der Waals surface area contributed by atoms with E-state index in [0.29, 0.717) is 18.3 Å². The van der Waals surface area contributed by atoms with Crippen LogP contribution < -0.4 is 10.5 Å². The van der Waals surface area contributed by atoms with E-state index in [1.165, 1.54) is 0 Å². The number of aromatic nitrogens is 2. The molecule has 2 aromatic rings. The Morgan fingerprint density at radius 2 is 2.09 bits per heavy atom. The lowest BCUT2D eigenvalue weighted by atomic mass is 9.80. The van der Waals surface area contributed by atoms with Gasteiger partial charge in [-0.2, -0.15) is 4.98 Å². The summed E-state index contributed by atoms with van der Waals surface area (Å²) < 4.78 is 10.6. The molecule has 1 fully saturated rings. The first-order valence-corrected chi connectivity index (χ1v) is 7.93. The monoisotopic (exact) mass is 316 g/mol. The van der Waals surface area contributed by atoms with Gasteiger partial charge in [0.05, 0.1) is 13.7 Å². The summed E-state index contributed by atoms with van der Waals surface area (Å²) in [5.41, 5.74) is 7.21. The van der Waals surface area contributed by atoms with E-state index in [-0.39, 0.29) is 11.5 Å². The molecule has 2 N–H and O–H groups in total. The fourth-order valence-corrected chi connectivity index (χ4v) is 2.99. The fraction of sp³-hybridized carbons (Fsp3) is 0.529. The van der Waals surface area contributed by atoms with Crippen LogP contribution in [0.1, 0.15) is 26.2 Å². The maximum Gasteiger partial charge on any atom is 0.241 e. The molecule has 6 heteroatoms. The van der Waals surface area contributed by atoms with E-state index in [2.05, 4.69) is 28.9 Å². The van der Waals surface area contributed by atoms with Crippen molar-refractivity contribution in [1.82, 2.24) is 15.0 Å². The smallest absolute Gasteiger partial charge is 0.241 e. The fourth-order valence-electron chi connectivity index (χ4n) is 2.99. The number of hydrogen-bond donors (Lipinski definition) is 1. The van der Waals surface area contributed by atoms with Crippen molar-refractivity contribution < 1.29 is 9.26 Å². The van der Waals surface area contributed by atoms with Gasteiger partial charge in [-0.25, -0.2) is 0 Å². The van der Waals surface area contributed by atoms with Crippen molar-refractivity contribution in [2.75, 3.05) is 20.2 Å². The molecule has 1 aromatic heterocycles. The minimum Gasteiger partial charge on any atom is -0.497 e. The van der Waals surface area contributed by atoms with Crippen molar-refractivity contribution in [2.24, 2.45) is 11.1 Å². The predicted octanol–water partition coefficient (Wildman–Crippen LogP) is 2.30. The highest BCUT2D eigenvalue weighted by Gasteiger charge is 2.33. The van der Waals surface area contributed by atoms with E-state index in [1.54, 1.807) is 7.11 Å². The quantitative estimate of drug-likeness (QED) is 0.932. The van der Waals surface area contributed by atoms with Gasteiger partial charge in [0.15, 0.2) is 0 Å². The van der Waals surface area contributed by atoms with Crippen LogP contribution in [0.2, 0.25) is 0 Å². The summed E-state index contributed by atoms with van der Waals surface area (Å²) in [6.07, 6.45) is 0.993. The van der Waals surface area contributed by atoms with Gasteiger partial charge in [-0.05, 0) is 36.1 Å². The zero-order valence-electron chi connectivity index (χ0n) is 14.0. The molecule has 23 heavy (non-hydrogen) atoms. The van der Waals surface area contributed by atoms with Gasteiger partial charge < -0.3 is 15.0 Å². The standard InChI is InChI=1S/C17H24N4O2/c1-17(2)11-21(9-8-14(17)18)10-15-19-16(20-23-15)12-4-6-13(22-3)7-5-12/h4-7,14H,8-11,18H2,1-3H3. The lowest BCUT2D eigenvalue weighted by molar-refractivity contribution is 0.0811. The lowest BCUT2D eigenvalue weighted by Crippen LogP contribution is -2.52. The Balaban J connectivity index is 1.67. The second kappa shape index (κ2) is 6.29. The third kappa shape index (κ3) is 3.54. The summed E-state index contributed by atoms with van der Waals surface area (Å²) >= 11 is 0. The predicted molar refractivity (Wildman–Crippen MR) is 87.9 cm³/mol. The third-order valence-electron chi connectivity index (χ3n) is 4.57. The minimum atomic E-state index is 0.108. The van der Waals surface area contributed by atoms with Gasteiger partial charge in [-0.1, -0.05) is 19.0 Å². The first kappa shape index (κ1) is 16.0. The van der Waals surface area contributed by atoms with E-state index in [4.69, 9.17) is 15.0 Å². The van der Waals surface area contributed by atoms with Crippen molar-refractivity contribution in [3.05, 3.63) is 30.2 Å². The second-order valence-electron chi connectivity index (χ2n) is 6.83. The summed E-state index contributed by atoms with van der Waals surface area (Å²) in [5, 5.41) is 4.08. The number of nitrogens with two attached hydrogens (primary N) is 1. The van der Waals surface area contributed by atoms with Crippen molar-refractivity contribution >= 4 is 0 Å². The second-order valence-corrected chi connectivity index (χ2v) is 6.83. The molecule has 0 amide bonds. The van der Waals surface area contributed by atoms with Gasteiger partial charge >= 0.3 is 0 Å². The number of hydrogen-bond acceptors (Lipinski definition) is 6. The average molecular weight is 316 g/mol. The first-order valence-electron chi connectivity index (χ1n) is 7.93. The summed E-state index contributed by atoms with van der Waals surface area (Å²) in [6, 6.07) is 7.88. The SMILES string of the molecule is COc1ccc(-c2noc(CN3CCC(N)C(C)(C)C3)n2)cc1. The maximum absolute atomic E-state index is 6.18. The van der Waals surface area contributed by atoms with Crippen LogP contribution in [0.3, 0.4) is 0 Å². The molecule has 0 radical (unpaired) electrons. The van der Waals surface area contributed by atoms with E-state index in [9.17, 15) is 0 Å². The largest absolute Gasteiger partial charge is 0.497 e. The summed E-state index contributed by atoms with van der Waals surface area (Å²) in [4.78, 5) is 6.83. The molecule has 1 aliphatic rings. The molecule has 6 nitrogen and oxygen atoms in total. The van der Waals surface area contributed by atoms with Crippen LogP contribution in [-0.2, 0) is 6.54 Å². The molecule has 124 valence electrons. The Bertz CT molecular complexity index is 651. The maximum atomic E-state index is 6.18. The topological polar surface area (TPSA) is 77.4 Å². The Morgan fingerprint density at radius 3 is 2.74 bits per heavy atom. The molecule has 1 aliphatic heterocycles. The zero-order chi connectivity index (χ0) is 16.4. The number of rotatable bonds is 4. The van der Waals surface area contributed by atoms with Crippen molar-refractivity contribution in [2.45, 2.75) is 32.9 Å². The number of ether oxygens (including phenoxy) is 1. The van der Waals surface area contributed by atoms with Gasteiger partial charge in [0.1, 0.15) is 5.75 Å². The van der Waals surface area contributed by atoms with Crippen LogP contribution in [0.4, 0.5) is 0 Å². The van der Waals surface area contributed by atoms with Crippen LogP contribution in [-0.4, -0.2) is 41.3 Å².